The van der Waals surface area contributed by atoms with Gasteiger partial charge in [-0.05, 0) is 42.3 Å². The highest BCUT2D eigenvalue weighted by atomic mass is 35.5. The first-order valence-electron chi connectivity index (χ1n) is 7.09. The van der Waals surface area contributed by atoms with E-state index in [4.69, 9.17) is 23.2 Å². The molecule has 2 N–H and O–H groups in total. The monoisotopic (exact) mass is 350 g/mol. The molecule has 4 nitrogen and oxygen atoms in total. The number of carbonyl (C=O) groups is 2. The fourth-order valence-electron chi connectivity index (χ4n) is 1.99. The molecule has 0 saturated carbocycles. The average molecular weight is 351 g/mol. The Labute approximate surface area is 144 Å². The molecule has 2 rings (SSSR count). The SMILES string of the molecule is O=C(CNC(=O)c1cccc(Cl)c1)NCCc1cccc(Cl)c1. The molecule has 0 radical (unpaired) electrons. The van der Waals surface area contributed by atoms with Gasteiger partial charge in [-0.3, -0.25) is 9.59 Å². The van der Waals surface area contributed by atoms with Crippen LogP contribution in [0.2, 0.25) is 10.0 Å². The summed E-state index contributed by atoms with van der Waals surface area (Å²) < 4.78 is 0. The molecule has 0 aliphatic carbocycles. The normalized spacial score (nSPS) is 10.2. The number of hydrogen-bond donors (Lipinski definition) is 2. The van der Waals surface area contributed by atoms with Crippen molar-refractivity contribution in [2.75, 3.05) is 13.1 Å². The Morgan fingerprint density at radius 2 is 1.61 bits per heavy atom. The maximum Gasteiger partial charge on any atom is 0.251 e. The van der Waals surface area contributed by atoms with Crippen molar-refractivity contribution >= 4 is 35.0 Å². The van der Waals surface area contributed by atoms with E-state index in [0.717, 1.165) is 5.56 Å². The highest BCUT2D eigenvalue weighted by molar-refractivity contribution is 6.31. The van der Waals surface area contributed by atoms with E-state index in [1.54, 1.807) is 30.3 Å². The lowest BCUT2D eigenvalue weighted by molar-refractivity contribution is -0.120. The van der Waals surface area contributed by atoms with Gasteiger partial charge in [0.25, 0.3) is 5.91 Å². The van der Waals surface area contributed by atoms with Gasteiger partial charge >= 0.3 is 0 Å². The van der Waals surface area contributed by atoms with Crippen LogP contribution in [0.25, 0.3) is 0 Å². The van der Waals surface area contributed by atoms with Gasteiger partial charge < -0.3 is 10.6 Å². The molecule has 6 heteroatoms. The zero-order valence-corrected chi connectivity index (χ0v) is 13.8. The van der Waals surface area contributed by atoms with Crippen molar-refractivity contribution in [1.29, 1.82) is 0 Å². The summed E-state index contributed by atoms with van der Waals surface area (Å²) in [5.74, 6) is -0.583. The minimum absolute atomic E-state index is 0.0824. The van der Waals surface area contributed by atoms with Crippen LogP contribution in [0.1, 0.15) is 15.9 Å². The van der Waals surface area contributed by atoms with Crippen LogP contribution in [-0.4, -0.2) is 24.9 Å². The maximum absolute atomic E-state index is 11.9. The second-order valence-electron chi connectivity index (χ2n) is 4.92. The van der Waals surface area contributed by atoms with E-state index in [2.05, 4.69) is 10.6 Å². The molecule has 0 fully saturated rings. The number of halogens is 2. The number of benzene rings is 2. The molecule has 120 valence electrons. The van der Waals surface area contributed by atoms with Gasteiger partial charge in [-0.2, -0.15) is 0 Å². The van der Waals surface area contributed by atoms with Gasteiger partial charge in [0, 0.05) is 22.2 Å². The van der Waals surface area contributed by atoms with Crippen molar-refractivity contribution in [3.05, 3.63) is 69.7 Å². The topological polar surface area (TPSA) is 58.2 Å². The molecular weight excluding hydrogens is 335 g/mol. The Kier molecular flexibility index (Phi) is 6.44. The minimum Gasteiger partial charge on any atom is -0.354 e. The number of carbonyl (C=O) groups excluding carboxylic acids is 2. The van der Waals surface area contributed by atoms with Crippen molar-refractivity contribution < 1.29 is 9.59 Å². The van der Waals surface area contributed by atoms with Crippen LogP contribution in [0.5, 0.6) is 0 Å². The number of rotatable bonds is 6. The van der Waals surface area contributed by atoms with Crippen LogP contribution < -0.4 is 10.6 Å². The highest BCUT2D eigenvalue weighted by Gasteiger charge is 2.08. The molecule has 0 aromatic heterocycles. The second-order valence-corrected chi connectivity index (χ2v) is 5.80. The predicted molar refractivity (Wildman–Crippen MR) is 92.0 cm³/mol. The lowest BCUT2D eigenvalue weighted by Gasteiger charge is -2.07. The Morgan fingerprint density at radius 1 is 0.913 bits per heavy atom. The number of hydrogen-bond acceptors (Lipinski definition) is 2. The highest BCUT2D eigenvalue weighted by Crippen LogP contribution is 2.11. The first kappa shape index (κ1) is 17.3. The van der Waals surface area contributed by atoms with E-state index >= 15 is 0 Å². The van der Waals surface area contributed by atoms with Gasteiger partial charge in [0.05, 0.1) is 6.54 Å². The third-order valence-electron chi connectivity index (χ3n) is 3.12. The van der Waals surface area contributed by atoms with E-state index in [1.807, 2.05) is 18.2 Å². The molecule has 0 aliphatic heterocycles. The average Bonchev–Trinajstić information content (AvgIpc) is 2.52. The summed E-state index contributed by atoms with van der Waals surface area (Å²) in [6.45, 7) is 0.396. The quantitative estimate of drug-likeness (QED) is 0.840. The smallest absolute Gasteiger partial charge is 0.251 e. The largest absolute Gasteiger partial charge is 0.354 e. The van der Waals surface area contributed by atoms with E-state index < -0.39 is 0 Å². The molecule has 0 aliphatic rings. The Bertz CT molecular complexity index is 704. The first-order chi connectivity index (χ1) is 11.0. The van der Waals surface area contributed by atoms with Crippen molar-refractivity contribution in [3.8, 4) is 0 Å². The molecule has 0 spiro atoms. The van der Waals surface area contributed by atoms with Gasteiger partial charge in [-0.15, -0.1) is 0 Å². The summed E-state index contributed by atoms with van der Waals surface area (Å²) in [5, 5.41) is 6.44. The maximum atomic E-state index is 11.9. The Morgan fingerprint density at radius 3 is 2.30 bits per heavy atom. The van der Waals surface area contributed by atoms with E-state index in [1.165, 1.54) is 0 Å². The van der Waals surface area contributed by atoms with Gasteiger partial charge in [-0.1, -0.05) is 41.4 Å². The second kappa shape index (κ2) is 8.56. The van der Waals surface area contributed by atoms with Crippen molar-refractivity contribution in [3.63, 3.8) is 0 Å². The lowest BCUT2D eigenvalue weighted by atomic mass is 10.1. The molecular formula is C17H16Cl2N2O2. The standard InChI is InChI=1S/C17H16Cl2N2O2/c18-14-5-1-3-12(9-14)7-8-20-16(22)11-21-17(23)13-4-2-6-15(19)10-13/h1-6,9-10H,7-8,11H2,(H,20,22)(H,21,23). The summed E-state index contributed by atoms with van der Waals surface area (Å²) in [6, 6.07) is 14.0. The van der Waals surface area contributed by atoms with E-state index in [-0.39, 0.29) is 18.4 Å². The van der Waals surface area contributed by atoms with E-state index in [9.17, 15) is 9.59 Å². The molecule has 0 heterocycles. The molecule has 2 aromatic rings. The van der Waals surface area contributed by atoms with Crippen molar-refractivity contribution in [2.24, 2.45) is 0 Å². The van der Waals surface area contributed by atoms with Crippen molar-refractivity contribution in [1.82, 2.24) is 10.6 Å². The summed E-state index contributed by atoms with van der Waals surface area (Å²) >= 11 is 11.7. The van der Waals surface area contributed by atoms with Gasteiger partial charge in [0.1, 0.15) is 0 Å². The van der Waals surface area contributed by atoms with Crippen LogP contribution in [0.15, 0.2) is 48.5 Å². The summed E-state index contributed by atoms with van der Waals surface area (Å²) in [6.07, 6.45) is 0.675. The third-order valence-corrected chi connectivity index (χ3v) is 3.59. The first-order valence-corrected chi connectivity index (χ1v) is 7.85. The van der Waals surface area contributed by atoms with Gasteiger partial charge in [0.2, 0.25) is 5.91 Å². The molecule has 0 bridgehead atoms. The Balaban J connectivity index is 1.72. The fourth-order valence-corrected chi connectivity index (χ4v) is 2.40. The minimum atomic E-state index is -0.336. The summed E-state index contributed by atoms with van der Waals surface area (Å²) in [4.78, 5) is 23.6. The predicted octanol–water partition coefficient (Wildman–Crippen LogP) is 3.08. The van der Waals surface area contributed by atoms with Gasteiger partial charge in [0.15, 0.2) is 0 Å². The summed E-state index contributed by atoms with van der Waals surface area (Å²) in [5.41, 5.74) is 1.46. The van der Waals surface area contributed by atoms with Gasteiger partial charge in [-0.25, -0.2) is 0 Å². The zero-order chi connectivity index (χ0) is 16.7. The summed E-state index contributed by atoms with van der Waals surface area (Å²) in [7, 11) is 0. The number of amides is 2. The van der Waals surface area contributed by atoms with Crippen LogP contribution in [0.3, 0.4) is 0 Å². The van der Waals surface area contributed by atoms with E-state index in [0.29, 0.717) is 28.6 Å². The third kappa shape index (κ3) is 5.93. The van der Waals surface area contributed by atoms with Crippen LogP contribution in [0.4, 0.5) is 0 Å². The Hall–Kier alpha value is -2.04. The molecule has 0 atom stereocenters. The lowest BCUT2D eigenvalue weighted by Crippen LogP contribution is -2.37. The molecule has 0 unspecified atom stereocenters. The van der Waals surface area contributed by atoms with Crippen LogP contribution >= 0.6 is 23.2 Å². The molecule has 2 aromatic carbocycles. The molecule has 0 saturated heterocycles. The molecule has 23 heavy (non-hydrogen) atoms. The van der Waals surface area contributed by atoms with Crippen LogP contribution in [0, 0.1) is 0 Å². The van der Waals surface area contributed by atoms with Crippen molar-refractivity contribution in [2.45, 2.75) is 6.42 Å². The molecule has 2 amide bonds. The zero-order valence-electron chi connectivity index (χ0n) is 12.3. The van der Waals surface area contributed by atoms with Crippen LogP contribution in [-0.2, 0) is 11.2 Å². The number of nitrogens with one attached hydrogen (secondary N) is 2. The fraction of sp³-hybridized carbons (Fsp3) is 0.176.